The van der Waals surface area contributed by atoms with Crippen LogP contribution < -0.4 is 0 Å². The normalized spacial score (nSPS) is 23.2. The molecule has 0 aromatic carbocycles. The Morgan fingerprint density at radius 2 is 1.94 bits per heavy atom. The van der Waals surface area contributed by atoms with Gasteiger partial charge in [0.25, 0.3) is 0 Å². The molecule has 0 aromatic rings. The molecule has 1 aliphatic heterocycles. The van der Waals surface area contributed by atoms with Gasteiger partial charge in [0.2, 0.25) is 10.0 Å². The molecule has 0 saturated carbocycles. The third kappa shape index (κ3) is 3.91. The fourth-order valence-corrected chi connectivity index (χ4v) is 3.60. The van der Waals surface area contributed by atoms with Gasteiger partial charge in [0, 0.05) is 18.5 Å². The van der Waals surface area contributed by atoms with Crippen molar-refractivity contribution in [2.75, 3.05) is 32.6 Å². The van der Waals surface area contributed by atoms with E-state index in [4.69, 9.17) is 0 Å². The minimum absolute atomic E-state index is 0.0463. The topological polar surface area (TPSA) is 77.8 Å². The highest BCUT2D eigenvalue weighted by molar-refractivity contribution is 7.88. The van der Waals surface area contributed by atoms with Gasteiger partial charge in [0.05, 0.1) is 19.5 Å². The summed E-state index contributed by atoms with van der Waals surface area (Å²) in [4.78, 5) is 0. The largest absolute Gasteiger partial charge is 0.396 e. The van der Waals surface area contributed by atoms with E-state index in [1.54, 1.807) is 0 Å². The van der Waals surface area contributed by atoms with Crippen molar-refractivity contribution >= 4 is 10.0 Å². The number of piperidine rings is 1. The van der Waals surface area contributed by atoms with Gasteiger partial charge in [-0.15, -0.1) is 0 Å². The van der Waals surface area contributed by atoms with E-state index in [9.17, 15) is 18.6 Å². The number of aliphatic hydroxyl groups is 2. The molecule has 1 saturated heterocycles. The van der Waals surface area contributed by atoms with Crippen LogP contribution in [0.5, 0.6) is 0 Å². The quantitative estimate of drug-likeness (QED) is 0.739. The molecule has 0 radical (unpaired) electrons. The van der Waals surface area contributed by atoms with Gasteiger partial charge in [0.1, 0.15) is 0 Å². The van der Waals surface area contributed by atoms with Gasteiger partial charge in [0.15, 0.2) is 0 Å². The fraction of sp³-hybridized carbons (Fsp3) is 1.00. The summed E-state index contributed by atoms with van der Waals surface area (Å²) in [6.45, 7) is 2.96. The van der Waals surface area contributed by atoms with Crippen LogP contribution in [0.25, 0.3) is 0 Å². The first-order valence-corrected chi connectivity index (χ1v) is 8.38. The highest BCUT2D eigenvalue weighted by atomic mass is 32.2. The molecule has 1 aliphatic rings. The number of rotatable bonds is 6. The number of aliphatic hydroxyl groups excluding tert-OH is 2. The molecular weight excluding hydrogens is 254 g/mol. The second-order valence-corrected chi connectivity index (χ2v) is 7.49. The molecule has 0 aliphatic carbocycles. The Bertz CT molecular complexity index is 343. The molecule has 0 spiro atoms. The second-order valence-electron chi connectivity index (χ2n) is 5.50. The van der Waals surface area contributed by atoms with Crippen LogP contribution in [0.1, 0.15) is 32.6 Å². The van der Waals surface area contributed by atoms with Gasteiger partial charge in [-0.05, 0) is 31.6 Å². The zero-order valence-electron chi connectivity index (χ0n) is 11.3. The van der Waals surface area contributed by atoms with Crippen molar-refractivity contribution in [3.8, 4) is 0 Å². The lowest BCUT2D eigenvalue weighted by Crippen LogP contribution is -2.42. The van der Waals surface area contributed by atoms with Gasteiger partial charge < -0.3 is 10.2 Å². The molecule has 0 bridgehead atoms. The molecule has 6 heteroatoms. The second kappa shape index (κ2) is 6.32. The molecule has 5 nitrogen and oxygen atoms in total. The molecule has 0 amide bonds. The van der Waals surface area contributed by atoms with Crippen LogP contribution in [0.15, 0.2) is 0 Å². The van der Waals surface area contributed by atoms with Crippen LogP contribution in [-0.2, 0) is 10.0 Å². The Kier molecular flexibility index (Phi) is 5.58. The molecule has 1 fully saturated rings. The van der Waals surface area contributed by atoms with Crippen molar-refractivity contribution in [3.05, 3.63) is 0 Å². The maximum Gasteiger partial charge on any atom is 0.211 e. The molecule has 1 atom stereocenters. The molecule has 1 heterocycles. The predicted octanol–water partition coefficient (Wildman–Crippen LogP) is 0.429. The van der Waals surface area contributed by atoms with Crippen LogP contribution >= 0.6 is 0 Å². The molecule has 2 N–H and O–H groups in total. The van der Waals surface area contributed by atoms with Crippen molar-refractivity contribution in [1.82, 2.24) is 4.31 Å². The summed E-state index contributed by atoms with van der Waals surface area (Å²) in [6.07, 6.45) is 4.45. The van der Waals surface area contributed by atoms with E-state index in [1.165, 1.54) is 10.6 Å². The maximum atomic E-state index is 11.5. The molecule has 0 aromatic heterocycles. The Labute approximate surface area is 110 Å². The average Bonchev–Trinajstić information content (AvgIpc) is 2.35. The molecular formula is C12H25NO4S. The third-order valence-electron chi connectivity index (χ3n) is 4.09. The lowest BCUT2D eigenvalue weighted by Gasteiger charge is -2.37. The van der Waals surface area contributed by atoms with Crippen LogP contribution in [0.4, 0.5) is 0 Å². The van der Waals surface area contributed by atoms with Crippen molar-refractivity contribution in [3.63, 3.8) is 0 Å². The zero-order chi connectivity index (χ0) is 13.8. The highest BCUT2D eigenvalue weighted by Gasteiger charge is 2.34. The zero-order valence-corrected chi connectivity index (χ0v) is 12.1. The smallest absolute Gasteiger partial charge is 0.211 e. The SMILES string of the molecule is CCC(CO)(CO)CC1CCCN(S(C)(=O)=O)C1. The number of sulfonamides is 1. The van der Waals surface area contributed by atoms with Crippen LogP contribution in [-0.4, -0.2) is 55.5 Å². The Morgan fingerprint density at radius 1 is 1.33 bits per heavy atom. The summed E-state index contributed by atoms with van der Waals surface area (Å²) in [5.41, 5.74) is -0.467. The van der Waals surface area contributed by atoms with E-state index in [2.05, 4.69) is 0 Å². The third-order valence-corrected chi connectivity index (χ3v) is 5.36. The van der Waals surface area contributed by atoms with E-state index >= 15 is 0 Å². The molecule has 1 rings (SSSR count). The van der Waals surface area contributed by atoms with Gasteiger partial charge in [-0.2, -0.15) is 0 Å². The summed E-state index contributed by atoms with van der Waals surface area (Å²) in [7, 11) is -3.13. The van der Waals surface area contributed by atoms with Gasteiger partial charge in [-0.25, -0.2) is 12.7 Å². The van der Waals surface area contributed by atoms with Crippen molar-refractivity contribution in [2.24, 2.45) is 11.3 Å². The Morgan fingerprint density at radius 3 is 2.39 bits per heavy atom. The molecule has 108 valence electrons. The van der Waals surface area contributed by atoms with Crippen LogP contribution in [0.2, 0.25) is 0 Å². The van der Waals surface area contributed by atoms with Gasteiger partial charge in [-0.1, -0.05) is 6.92 Å². The maximum absolute atomic E-state index is 11.5. The first-order chi connectivity index (χ1) is 8.37. The first kappa shape index (κ1) is 15.9. The van der Waals surface area contributed by atoms with Crippen molar-refractivity contribution in [1.29, 1.82) is 0 Å². The van der Waals surface area contributed by atoms with Crippen LogP contribution in [0.3, 0.4) is 0 Å². The number of hydrogen-bond donors (Lipinski definition) is 2. The summed E-state index contributed by atoms with van der Waals surface area (Å²) in [5, 5.41) is 18.9. The van der Waals surface area contributed by atoms with Gasteiger partial charge in [-0.3, -0.25) is 0 Å². The minimum atomic E-state index is -3.13. The number of nitrogens with zero attached hydrogens (tertiary/aromatic N) is 1. The lowest BCUT2D eigenvalue weighted by molar-refractivity contribution is 0.0226. The van der Waals surface area contributed by atoms with E-state index < -0.39 is 15.4 Å². The predicted molar refractivity (Wildman–Crippen MR) is 70.7 cm³/mol. The van der Waals surface area contributed by atoms with E-state index in [0.717, 1.165) is 12.8 Å². The highest BCUT2D eigenvalue weighted by Crippen LogP contribution is 2.33. The van der Waals surface area contributed by atoms with Crippen molar-refractivity contribution < 1.29 is 18.6 Å². The van der Waals surface area contributed by atoms with Crippen molar-refractivity contribution in [2.45, 2.75) is 32.6 Å². The first-order valence-electron chi connectivity index (χ1n) is 6.54. The van der Waals surface area contributed by atoms with E-state index in [-0.39, 0.29) is 19.1 Å². The minimum Gasteiger partial charge on any atom is -0.396 e. The lowest BCUT2D eigenvalue weighted by atomic mass is 9.76. The summed E-state index contributed by atoms with van der Waals surface area (Å²) in [6, 6.07) is 0. The van der Waals surface area contributed by atoms with Gasteiger partial charge >= 0.3 is 0 Å². The Hall–Kier alpha value is -0.170. The number of hydrogen-bond acceptors (Lipinski definition) is 4. The molecule has 1 unspecified atom stereocenters. The van der Waals surface area contributed by atoms with E-state index in [1.807, 2.05) is 6.92 Å². The van der Waals surface area contributed by atoms with E-state index in [0.29, 0.717) is 25.9 Å². The molecule has 18 heavy (non-hydrogen) atoms. The summed E-state index contributed by atoms with van der Waals surface area (Å²) in [5.74, 6) is 0.229. The monoisotopic (exact) mass is 279 g/mol. The Balaban J connectivity index is 2.67. The summed E-state index contributed by atoms with van der Waals surface area (Å²) >= 11 is 0. The summed E-state index contributed by atoms with van der Waals surface area (Å²) < 4.78 is 24.6. The van der Waals surface area contributed by atoms with Crippen LogP contribution in [0, 0.1) is 11.3 Å². The standard InChI is InChI=1S/C12H25NO4S/c1-3-12(9-14,10-15)7-11-5-4-6-13(8-11)18(2,16)17/h11,14-15H,3-10H2,1-2H3. The average molecular weight is 279 g/mol. The fourth-order valence-electron chi connectivity index (χ4n) is 2.65.